The number of anilines is 1. The third kappa shape index (κ3) is 3.30. The van der Waals surface area contributed by atoms with Gasteiger partial charge in [-0.2, -0.15) is 0 Å². The minimum atomic E-state index is -0.101. The zero-order valence-electron chi connectivity index (χ0n) is 14.1. The fourth-order valence-electron chi connectivity index (χ4n) is 3.08. The molecule has 25 heavy (non-hydrogen) atoms. The smallest absolute Gasteiger partial charge is 0.258 e. The van der Waals surface area contributed by atoms with Crippen molar-refractivity contribution in [3.05, 3.63) is 48.2 Å². The van der Waals surface area contributed by atoms with Crippen molar-refractivity contribution in [2.45, 2.75) is 25.6 Å². The van der Waals surface area contributed by atoms with Gasteiger partial charge in [0, 0.05) is 18.2 Å². The van der Waals surface area contributed by atoms with E-state index in [4.69, 9.17) is 14.2 Å². The Hall–Kier alpha value is -2.60. The topological polar surface area (TPSA) is 60.9 Å². The van der Waals surface area contributed by atoms with Crippen LogP contribution in [0, 0.1) is 0 Å². The highest BCUT2D eigenvalue weighted by Crippen LogP contribution is 2.32. The Morgan fingerprint density at radius 3 is 2.88 bits per heavy atom. The first-order valence-electron chi connectivity index (χ1n) is 8.49. The highest BCUT2D eigenvalue weighted by molar-refractivity contribution is 6.07. The largest absolute Gasteiger partial charge is 0.488 e. The third-order valence-electron chi connectivity index (χ3n) is 4.33. The van der Waals surface area contributed by atoms with Gasteiger partial charge in [-0.1, -0.05) is 0 Å². The molecule has 1 aromatic carbocycles. The summed E-state index contributed by atoms with van der Waals surface area (Å²) in [5, 5.41) is 0. The summed E-state index contributed by atoms with van der Waals surface area (Å²) in [6.07, 6.45) is 2.56. The lowest BCUT2D eigenvalue weighted by Crippen LogP contribution is -2.42. The van der Waals surface area contributed by atoms with Gasteiger partial charge in [0.15, 0.2) is 0 Å². The van der Waals surface area contributed by atoms with Gasteiger partial charge in [-0.05, 0) is 43.3 Å². The number of aromatic nitrogens is 1. The number of rotatable bonds is 3. The number of carbonyl (C=O) groups is 1. The van der Waals surface area contributed by atoms with Crippen molar-refractivity contribution >= 4 is 11.6 Å². The number of benzene rings is 1. The summed E-state index contributed by atoms with van der Waals surface area (Å²) in [5.74, 6) is 1.18. The van der Waals surface area contributed by atoms with E-state index in [9.17, 15) is 4.79 Å². The molecule has 1 amide bonds. The van der Waals surface area contributed by atoms with Crippen LogP contribution in [0.2, 0.25) is 0 Å². The minimum absolute atomic E-state index is 0.0693. The van der Waals surface area contributed by atoms with Crippen molar-refractivity contribution in [2.75, 3.05) is 24.7 Å². The zero-order chi connectivity index (χ0) is 17.2. The number of hydrogen-bond acceptors (Lipinski definition) is 5. The first-order valence-corrected chi connectivity index (χ1v) is 8.49. The quantitative estimate of drug-likeness (QED) is 0.860. The molecule has 2 aliphatic heterocycles. The molecule has 2 atom stereocenters. The van der Waals surface area contributed by atoms with E-state index in [0.717, 1.165) is 18.8 Å². The van der Waals surface area contributed by atoms with Crippen LogP contribution in [-0.4, -0.2) is 42.9 Å². The number of ether oxygens (including phenoxy) is 3. The van der Waals surface area contributed by atoms with Crippen LogP contribution in [-0.2, 0) is 4.74 Å². The summed E-state index contributed by atoms with van der Waals surface area (Å²) in [4.78, 5) is 18.9. The van der Waals surface area contributed by atoms with E-state index < -0.39 is 0 Å². The fourth-order valence-corrected chi connectivity index (χ4v) is 3.08. The number of hydrogen-bond donors (Lipinski definition) is 0. The minimum Gasteiger partial charge on any atom is -0.488 e. The molecule has 2 unspecified atom stereocenters. The van der Waals surface area contributed by atoms with Crippen molar-refractivity contribution in [3.63, 3.8) is 0 Å². The summed E-state index contributed by atoms with van der Waals surface area (Å²) >= 11 is 0. The van der Waals surface area contributed by atoms with Crippen LogP contribution in [0.1, 0.15) is 23.7 Å². The normalized spacial score (nSPS) is 22.2. The third-order valence-corrected chi connectivity index (χ3v) is 4.33. The summed E-state index contributed by atoms with van der Waals surface area (Å²) in [6, 6.07) is 10.9. The maximum atomic E-state index is 12.9. The molecule has 2 aliphatic rings. The molecule has 0 spiro atoms. The summed E-state index contributed by atoms with van der Waals surface area (Å²) < 4.78 is 16.9. The number of nitrogens with zero attached hydrogens (tertiary/aromatic N) is 2. The van der Waals surface area contributed by atoms with Gasteiger partial charge in [0.05, 0.1) is 19.8 Å². The van der Waals surface area contributed by atoms with Crippen LogP contribution in [0.3, 0.4) is 0 Å². The van der Waals surface area contributed by atoms with Crippen molar-refractivity contribution in [3.8, 4) is 11.6 Å². The molecular weight excluding hydrogens is 320 g/mol. The average molecular weight is 340 g/mol. The summed E-state index contributed by atoms with van der Waals surface area (Å²) in [7, 11) is 0. The molecule has 0 saturated carbocycles. The maximum Gasteiger partial charge on any atom is 0.258 e. The Kier molecular flexibility index (Phi) is 4.28. The van der Waals surface area contributed by atoms with Gasteiger partial charge in [0.1, 0.15) is 23.6 Å². The van der Waals surface area contributed by atoms with Gasteiger partial charge >= 0.3 is 0 Å². The van der Waals surface area contributed by atoms with Crippen molar-refractivity contribution in [1.82, 2.24) is 4.98 Å². The van der Waals surface area contributed by atoms with Crippen LogP contribution >= 0.6 is 0 Å². The predicted octanol–water partition coefficient (Wildman–Crippen LogP) is 2.68. The number of amides is 1. The summed E-state index contributed by atoms with van der Waals surface area (Å²) in [5.41, 5.74) is 1.31. The highest BCUT2D eigenvalue weighted by Gasteiger charge is 2.29. The second-order valence-corrected chi connectivity index (χ2v) is 6.30. The van der Waals surface area contributed by atoms with Gasteiger partial charge in [0.25, 0.3) is 5.91 Å². The Labute approximate surface area is 146 Å². The molecule has 1 fully saturated rings. The van der Waals surface area contributed by atoms with E-state index in [2.05, 4.69) is 4.98 Å². The lowest BCUT2D eigenvalue weighted by molar-refractivity contribution is 0.0958. The molecule has 0 radical (unpaired) electrons. The fraction of sp³-hybridized carbons (Fsp3) is 0.368. The molecule has 0 bridgehead atoms. The molecule has 1 aromatic heterocycles. The van der Waals surface area contributed by atoms with Gasteiger partial charge in [0.2, 0.25) is 5.88 Å². The number of fused-ring (bicyclic) bond motifs is 1. The SMILES string of the molecule is CC1CN(C(=O)c2ccc(OC3CCOC3)cc2)c2cccnc2O1. The van der Waals surface area contributed by atoms with Crippen molar-refractivity contribution in [1.29, 1.82) is 0 Å². The van der Waals surface area contributed by atoms with Gasteiger partial charge in [-0.15, -0.1) is 0 Å². The van der Waals surface area contributed by atoms with Crippen LogP contribution in [0.4, 0.5) is 5.69 Å². The lowest BCUT2D eigenvalue weighted by Gasteiger charge is -2.32. The first kappa shape index (κ1) is 15.9. The molecule has 0 N–H and O–H groups in total. The number of carbonyl (C=O) groups excluding carboxylic acids is 1. The molecule has 0 aliphatic carbocycles. The van der Waals surface area contributed by atoms with Crippen LogP contribution in [0.15, 0.2) is 42.6 Å². The molecule has 130 valence electrons. The van der Waals surface area contributed by atoms with Crippen molar-refractivity contribution in [2.24, 2.45) is 0 Å². The molecule has 2 aromatic rings. The van der Waals surface area contributed by atoms with Crippen LogP contribution in [0.25, 0.3) is 0 Å². The Balaban J connectivity index is 1.52. The monoisotopic (exact) mass is 340 g/mol. The first-order chi connectivity index (χ1) is 12.2. The molecule has 6 heteroatoms. The van der Waals surface area contributed by atoms with Gasteiger partial charge in [-0.25, -0.2) is 4.98 Å². The lowest BCUT2D eigenvalue weighted by atomic mass is 10.1. The molecule has 6 nitrogen and oxygen atoms in total. The van der Waals surface area contributed by atoms with E-state index in [0.29, 0.717) is 30.3 Å². The second-order valence-electron chi connectivity index (χ2n) is 6.30. The Morgan fingerprint density at radius 1 is 1.28 bits per heavy atom. The van der Waals surface area contributed by atoms with Crippen molar-refractivity contribution < 1.29 is 19.0 Å². The van der Waals surface area contributed by atoms with E-state index in [-0.39, 0.29) is 18.1 Å². The Morgan fingerprint density at radius 2 is 2.12 bits per heavy atom. The van der Waals surface area contributed by atoms with E-state index >= 15 is 0 Å². The Bertz CT molecular complexity index is 756. The molecule has 1 saturated heterocycles. The van der Waals surface area contributed by atoms with E-state index in [1.807, 2.05) is 25.1 Å². The average Bonchev–Trinajstić information content (AvgIpc) is 3.14. The van der Waals surface area contributed by atoms with Crippen LogP contribution in [0.5, 0.6) is 11.6 Å². The van der Waals surface area contributed by atoms with Crippen LogP contribution < -0.4 is 14.4 Å². The number of pyridine rings is 1. The second kappa shape index (κ2) is 6.72. The van der Waals surface area contributed by atoms with E-state index in [1.165, 1.54) is 0 Å². The van der Waals surface area contributed by atoms with E-state index in [1.54, 1.807) is 29.3 Å². The molecule has 3 heterocycles. The molecular formula is C19H20N2O4. The predicted molar refractivity (Wildman–Crippen MR) is 92.3 cm³/mol. The standard InChI is InChI=1S/C19H20N2O4/c1-13-11-21(17-3-2-9-20-18(17)24-13)19(22)14-4-6-15(7-5-14)25-16-8-10-23-12-16/h2-7,9,13,16H,8,10-12H2,1H3. The maximum absolute atomic E-state index is 12.9. The summed E-state index contributed by atoms with van der Waals surface area (Å²) in [6.45, 7) is 3.79. The molecule has 4 rings (SSSR count). The van der Waals surface area contributed by atoms with Gasteiger partial charge < -0.3 is 14.2 Å². The van der Waals surface area contributed by atoms with Gasteiger partial charge in [-0.3, -0.25) is 9.69 Å². The zero-order valence-corrected chi connectivity index (χ0v) is 14.1. The highest BCUT2D eigenvalue weighted by atomic mass is 16.5.